The number of aryl methyl sites for hydroxylation is 1. The molecule has 204 valence electrons. The highest BCUT2D eigenvalue weighted by molar-refractivity contribution is 6.41. The Morgan fingerprint density at radius 1 is 1.05 bits per heavy atom. The molecule has 10 nitrogen and oxygen atoms in total. The normalized spacial score (nSPS) is 28.5. The van der Waals surface area contributed by atoms with Crippen LogP contribution >= 0.6 is 0 Å². The highest BCUT2D eigenvalue weighted by Gasteiger charge is 2.47. The molecule has 5 unspecified atom stereocenters. The van der Waals surface area contributed by atoms with Gasteiger partial charge in [-0.2, -0.15) is 0 Å². The number of aromatic hydroxyl groups is 1. The van der Waals surface area contributed by atoms with Crippen molar-refractivity contribution in [1.82, 2.24) is 4.90 Å². The number of aliphatic hydroxyl groups excluding tert-OH is 2. The highest BCUT2D eigenvalue weighted by Crippen LogP contribution is 2.50. The van der Waals surface area contributed by atoms with Gasteiger partial charge in [0, 0.05) is 36.1 Å². The topological polar surface area (TPSA) is 143 Å². The van der Waals surface area contributed by atoms with E-state index in [9.17, 15) is 29.7 Å². The van der Waals surface area contributed by atoms with Gasteiger partial charge in [-0.15, -0.1) is 0 Å². The van der Waals surface area contributed by atoms with Crippen molar-refractivity contribution in [2.45, 2.75) is 70.4 Å². The van der Waals surface area contributed by atoms with Crippen LogP contribution in [0.5, 0.6) is 11.5 Å². The zero-order valence-corrected chi connectivity index (χ0v) is 21.5. The fourth-order valence-corrected chi connectivity index (χ4v) is 5.91. The zero-order chi connectivity index (χ0) is 27.6. The first-order chi connectivity index (χ1) is 18.7. The number of carbonyl (C=O) groups excluding carboxylic acids is 3. The van der Waals surface area contributed by atoms with Gasteiger partial charge < -0.3 is 34.4 Å². The Bertz CT molecular complexity index is 1420. The van der Waals surface area contributed by atoms with Crippen molar-refractivity contribution in [2.24, 2.45) is 0 Å². The van der Waals surface area contributed by atoms with E-state index in [0.29, 0.717) is 30.5 Å². The van der Waals surface area contributed by atoms with Gasteiger partial charge in [0.2, 0.25) is 18.3 Å². The maximum atomic E-state index is 14.3. The molecule has 2 saturated heterocycles. The summed E-state index contributed by atoms with van der Waals surface area (Å²) in [7, 11) is 0. The van der Waals surface area contributed by atoms with E-state index in [1.165, 1.54) is 12.1 Å². The number of aliphatic hydroxyl groups is 2. The van der Waals surface area contributed by atoms with Crippen molar-refractivity contribution in [3.8, 4) is 11.5 Å². The summed E-state index contributed by atoms with van der Waals surface area (Å²) in [6, 6.07) is 7.93. The van der Waals surface area contributed by atoms with Crippen molar-refractivity contribution in [2.75, 3.05) is 6.54 Å². The standard InChI is InChI=1S/C29H29NO9/c1-13-10-16-22(17(31)11-13)24-25(30-9-4-3-8-20(33)39-29(16)30)28(36)23-15(27(24)35)6-5-7-19(23)38-21-12-18(32)26(34)14(2)37-21/h5-7,10-11,14,18,21,26,29,31-32,34H,3-4,8-9,12H2,1-2H3. The molecule has 0 saturated carbocycles. The molecule has 0 aromatic heterocycles. The van der Waals surface area contributed by atoms with Crippen LogP contribution in [-0.2, 0) is 14.3 Å². The Kier molecular flexibility index (Phi) is 6.21. The molecule has 3 aliphatic heterocycles. The molecule has 39 heavy (non-hydrogen) atoms. The summed E-state index contributed by atoms with van der Waals surface area (Å²) in [5, 5.41) is 31.2. The first kappa shape index (κ1) is 25.5. The van der Waals surface area contributed by atoms with E-state index in [2.05, 4.69) is 0 Å². The van der Waals surface area contributed by atoms with Crippen molar-refractivity contribution < 1.29 is 43.9 Å². The number of carbonyl (C=O) groups is 3. The minimum absolute atomic E-state index is 0.0281. The SMILES string of the molecule is Cc1cc(O)c2c(c1)C1OC(=O)CCCCN1C1=C2C(=O)c2cccc(OC3CC(O)C(O)C(C)O3)c2C1=O. The van der Waals surface area contributed by atoms with Crippen LogP contribution in [0.4, 0.5) is 0 Å². The fourth-order valence-electron chi connectivity index (χ4n) is 5.91. The number of Topliss-reactive ketones (excluding diaryl/α,β-unsaturated/α-hetero) is 2. The molecule has 6 rings (SSSR count). The lowest BCUT2D eigenvalue weighted by Gasteiger charge is -2.42. The summed E-state index contributed by atoms with van der Waals surface area (Å²) in [6.45, 7) is 3.75. The van der Waals surface area contributed by atoms with Crippen LogP contribution < -0.4 is 4.74 Å². The largest absolute Gasteiger partial charge is 0.507 e. The van der Waals surface area contributed by atoms with Gasteiger partial charge in [0.25, 0.3) is 0 Å². The molecule has 2 aromatic carbocycles. The van der Waals surface area contributed by atoms with Crippen LogP contribution in [-0.4, -0.2) is 68.9 Å². The summed E-state index contributed by atoms with van der Waals surface area (Å²) in [5.74, 6) is -1.48. The van der Waals surface area contributed by atoms with E-state index in [1.807, 2.05) is 0 Å². The first-order valence-corrected chi connectivity index (χ1v) is 13.1. The van der Waals surface area contributed by atoms with E-state index in [4.69, 9.17) is 14.2 Å². The predicted octanol–water partition coefficient (Wildman–Crippen LogP) is 2.77. The number of hydrogen-bond acceptors (Lipinski definition) is 10. The first-order valence-electron chi connectivity index (χ1n) is 13.1. The quantitative estimate of drug-likeness (QED) is 0.491. The third-order valence-corrected chi connectivity index (χ3v) is 7.76. The van der Waals surface area contributed by atoms with Crippen LogP contribution in [0.2, 0.25) is 0 Å². The number of nitrogens with zero attached hydrogens (tertiary/aromatic N) is 1. The molecular weight excluding hydrogens is 506 g/mol. The minimum atomic E-state index is -1.08. The molecule has 0 radical (unpaired) electrons. The number of ether oxygens (including phenoxy) is 3. The van der Waals surface area contributed by atoms with Gasteiger partial charge >= 0.3 is 5.97 Å². The molecule has 5 atom stereocenters. The maximum absolute atomic E-state index is 14.3. The van der Waals surface area contributed by atoms with E-state index in [1.54, 1.807) is 36.9 Å². The lowest BCUT2D eigenvalue weighted by atomic mass is 9.78. The minimum Gasteiger partial charge on any atom is -0.507 e. The Hall–Kier alpha value is -3.73. The summed E-state index contributed by atoms with van der Waals surface area (Å²) in [4.78, 5) is 42.6. The molecular formula is C29H29NO9. The van der Waals surface area contributed by atoms with Crippen LogP contribution in [0, 0.1) is 6.92 Å². The lowest BCUT2D eigenvalue weighted by molar-refractivity contribution is -0.216. The fraction of sp³-hybridized carbons (Fsp3) is 0.414. The number of rotatable bonds is 2. The van der Waals surface area contributed by atoms with Gasteiger partial charge in [-0.3, -0.25) is 14.4 Å². The number of fused-ring (bicyclic) bond motifs is 6. The number of phenols is 1. The van der Waals surface area contributed by atoms with E-state index in [-0.39, 0.29) is 52.3 Å². The van der Waals surface area contributed by atoms with Gasteiger partial charge in [0.05, 0.1) is 23.3 Å². The molecule has 2 fully saturated rings. The molecule has 3 N–H and O–H groups in total. The Balaban J connectivity index is 1.49. The molecule has 1 aliphatic carbocycles. The Morgan fingerprint density at radius 3 is 2.62 bits per heavy atom. The molecule has 2 aromatic rings. The average molecular weight is 536 g/mol. The van der Waals surface area contributed by atoms with Crippen molar-refractivity contribution in [1.29, 1.82) is 0 Å². The third kappa shape index (κ3) is 4.10. The second-order valence-corrected chi connectivity index (χ2v) is 10.5. The highest BCUT2D eigenvalue weighted by atomic mass is 16.7. The van der Waals surface area contributed by atoms with Crippen LogP contribution in [0.15, 0.2) is 36.0 Å². The van der Waals surface area contributed by atoms with E-state index < -0.39 is 48.4 Å². The summed E-state index contributed by atoms with van der Waals surface area (Å²) in [5.41, 5.74) is 1.59. The average Bonchev–Trinajstić information content (AvgIpc) is 2.87. The van der Waals surface area contributed by atoms with Gasteiger partial charge in [0.1, 0.15) is 23.3 Å². The number of phenolic OH excluding ortho intramolecular Hbond substituents is 1. The van der Waals surface area contributed by atoms with Gasteiger partial charge in [-0.25, -0.2) is 0 Å². The van der Waals surface area contributed by atoms with Crippen LogP contribution in [0.1, 0.15) is 76.2 Å². The second-order valence-electron chi connectivity index (χ2n) is 10.5. The summed E-state index contributed by atoms with van der Waals surface area (Å²) in [6.07, 6.45) is -3.44. The smallest absolute Gasteiger partial charge is 0.307 e. The number of benzene rings is 2. The molecule has 10 heteroatoms. The molecule has 0 spiro atoms. The van der Waals surface area contributed by atoms with Crippen molar-refractivity contribution >= 4 is 23.1 Å². The maximum Gasteiger partial charge on any atom is 0.307 e. The van der Waals surface area contributed by atoms with E-state index in [0.717, 1.165) is 0 Å². The number of ketones is 2. The van der Waals surface area contributed by atoms with Gasteiger partial charge in [-0.05, 0) is 50.5 Å². The summed E-state index contributed by atoms with van der Waals surface area (Å²) >= 11 is 0. The van der Waals surface area contributed by atoms with Crippen molar-refractivity contribution in [3.63, 3.8) is 0 Å². The van der Waals surface area contributed by atoms with E-state index >= 15 is 0 Å². The lowest BCUT2D eigenvalue weighted by Crippen LogP contribution is -2.48. The number of allylic oxidation sites excluding steroid dienone is 2. The number of hydrogen-bond donors (Lipinski definition) is 3. The third-order valence-electron chi connectivity index (χ3n) is 7.76. The van der Waals surface area contributed by atoms with Crippen LogP contribution in [0.25, 0.3) is 5.57 Å². The molecule has 3 heterocycles. The van der Waals surface area contributed by atoms with Gasteiger partial charge in [-0.1, -0.05) is 12.1 Å². The Labute approximate surface area is 224 Å². The Morgan fingerprint density at radius 2 is 1.85 bits per heavy atom. The summed E-state index contributed by atoms with van der Waals surface area (Å²) < 4.78 is 17.5. The second kappa shape index (κ2) is 9.48. The predicted molar refractivity (Wildman–Crippen MR) is 136 cm³/mol. The molecule has 0 amide bonds. The van der Waals surface area contributed by atoms with Crippen LogP contribution in [0.3, 0.4) is 0 Å². The molecule has 4 aliphatic rings. The van der Waals surface area contributed by atoms with Gasteiger partial charge in [0.15, 0.2) is 5.78 Å². The number of esters is 1. The zero-order valence-electron chi connectivity index (χ0n) is 21.5. The molecule has 0 bridgehead atoms. The van der Waals surface area contributed by atoms with Crippen molar-refractivity contribution in [3.05, 3.63) is 63.8 Å². The monoisotopic (exact) mass is 535 g/mol.